The molecule has 130 valence electrons. The van der Waals surface area contributed by atoms with E-state index < -0.39 is 5.97 Å². The van der Waals surface area contributed by atoms with Crippen molar-refractivity contribution in [2.24, 2.45) is 0 Å². The molecule has 0 saturated carbocycles. The summed E-state index contributed by atoms with van der Waals surface area (Å²) in [5.41, 5.74) is 1.57. The maximum absolute atomic E-state index is 11.7. The maximum atomic E-state index is 11.7. The van der Waals surface area contributed by atoms with E-state index in [-0.39, 0.29) is 11.9 Å². The normalized spacial score (nSPS) is 10.9. The van der Waals surface area contributed by atoms with Crippen molar-refractivity contribution in [3.63, 3.8) is 0 Å². The molecule has 0 unspecified atom stereocenters. The first-order valence-electron chi connectivity index (χ1n) is 8.06. The van der Waals surface area contributed by atoms with E-state index >= 15 is 0 Å². The summed E-state index contributed by atoms with van der Waals surface area (Å²) < 4.78 is 22.0. The van der Waals surface area contributed by atoms with Gasteiger partial charge in [-0.1, -0.05) is 30.3 Å². The lowest BCUT2D eigenvalue weighted by atomic mass is 10.2. The molecule has 5 heteroatoms. The van der Waals surface area contributed by atoms with E-state index in [1.54, 1.807) is 12.1 Å². The van der Waals surface area contributed by atoms with Crippen molar-refractivity contribution < 1.29 is 23.4 Å². The van der Waals surface area contributed by atoms with Gasteiger partial charge in [0.25, 0.3) is 0 Å². The zero-order valence-electron chi connectivity index (χ0n) is 14.4. The van der Waals surface area contributed by atoms with Gasteiger partial charge in [-0.3, -0.25) is 0 Å². The summed E-state index contributed by atoms with van der Waals surface area (Å²) in [6.07, 6.45) is -0.0240. The summed E-state index contributed by atoms with van der Waals surface area (Å²) in [4.78, 5) is 11.7. The number of ether oxygens (including phenoxy) is 3. The van der Waals surface area contributed by atoms with Crippen molar-refractivity contribution in [2.45, 2.75) is 26.6 Å². The molecule has 0 aliphatic carbocycles. The van der Waals surface area contributed by atoms with Gasteiger partial charge in [-0.25, -0.2) is 4.79 Å². The second-order valence-electron chi connectivity index (χ2n) is 5.88. The fraction of sp³-hybridized carbons (Fsp3) is 0.250. The predicted octanol–water partition coefficient (Wildman–Crippen LogP) is 4.59. The molecule has 3 rings (SSSR count). The molecular formula is C20H20O5. The summed E-state index contributed by atoms with van der Waals surface area (Å²) in [5.74, 6) is 0.817. The molecular weight excluding hydrogens is 320 g/mol. The van der Waals surface area contributed by atoms with E-state index in [1.807, 2.05) is 50.2 Å². The van der Waals surface area contributed by atoms with Gasteiger partial charge in [-0.15, -0.1) is 0 Å². The van der Waals surface area contributed by atoms with Gasteiger partial charge < -0.3 is 18.6 Å². The Hall–Kier alpha value is -2.95. The number of furan rings is 1. The van der Waals surface area contributed by atoms with Gasteiger partial charge in [0.2, 0.25) is 5.76 Å². The van der Waals surface area contributed by atoms with Gasteiger partial charge in [0.15, 0.2) is 0 Å². The summed E-state index contributed by atoms with van der Waals surface area (Å²) in [7, 11) is 1.31. The molecule has 5 nitrogen and oxygen atoms in total. The van der Waals surface area contributed by atoms with Crippen LogP contribution in [0.4, 0.5) is 0 Å². The second-order valence-corrected chi connectivity index (χ2v) is 5.88. The van der Waals surface area contributed by atoms with Gasteiger partial charge in [-0.2, -0.15) is 0 Å². The van der Waals surface area contributed by atoms with E-state index in [2.05, 4.69) is 0 Å². The summed E-state index contributed by atoms with van der Waals surface area (Å²) >= 11 is 0. The maximum Gasteiger partial charge on any atom is 0.373 e. The second kappa shape index (κ2) is 7.30. The highest BCUT2D eigenvalue weighted by atomic mass is 16.5. The molecule has 0 radical (unpaired) electrons. The number of rotatable bonds is 6. The van der Waals surface area contributed by atoms with Gasteiger partial charge in [0.1, 0.15) is 23.7 Å². The lowest BCUT2D eigenvalue weighted by molar-refractivity contribution is 0.0567. The Morgan fingerprint density at radius 3 is 2.56 bits per heavy atom. The molecule has 1 aromatic heterocycles. The Balaban J connectivity index is 1.94. The Bertz CT molecular complexity index is 864. The monoisotopic (exact) mass is 340 g/mol. The molecule has 0 saturated heterocycles. The molecule has 0 N–H and O–H groups in total. The number of hydrogen-bond acceptors (Lipinski definition) is 5. The van der Waals surface area contributed by atoms with Crippen molar-refractivity contribution in [3.8, 4) is 11.5 Å². The smallest absolute Gasteiger partial charge is 0.373 e. The lowest BCUT2D eigenvalue weighted by Crippen LogP contribution is -2.06. The minimum atomic E-state index is -0.529. The van der Waals surface area contributed by atoms with Crippen LogP contribution in [0.5, 0.6) is 11.5 Å². The van der Waals surface area contributed by atoms with E-state index in [0.29, 0.717) is 29.1 Å². The van der Waals surface area contributed by atoms with E-state index in [1.165, 1.54) is 7.11 Å². The number of benzene rings is 2. The van der Waals surface area contributed by atoms with Crippen LogP contribution in [0, 0.1) is 0 Å². The first-order valence-corrected chi connectivity index (χ1v) is 8.06. The SMILES string of the molecule is COC(=O)c1cc2c(OC(C)C)cc(OCc3ccccc3)cc2o1. The Kier molecular flexibility index (Phi) is 4.93. The third-order valence-corrected chi connectivity index (χ3v) is 3.57. The molecule has 0 bridgehead atoms. The molecule has 0 atom stereocenters. The molecule has 0 aliphatic heterocycles. The van der Waals surface area contributed by atoms with Crippen LogP contribution < -0.4 is 9.47 Å². The van der Waals surface area contributed by atoms with Crippen molar-refractivity contribution in [3.05, 3.63) is 59.9 Å². The average molecular weight is 340 g/mol. The lowest BCUT2D eigenvalue weighted by Gasteiger charge is -2.13. The summed E-state index contributed by atoms with van der Waals surface area (Å²) in [6, 6.07) is 15.0. The van der Waals surface area contributed by atoms with Crippen LogP contribution in [0.2, 0.25) is 0 Å². The van der Waals surface area contributed by atoms with Crippen molar-refractivity contribution in [2.75, 3.05) is 7.11 Å². The minimum Gasteiger partial charge on any atom is -0.490 e. The van der Waals surface area contributed by atoms with Crippen LogP contribution in [0.1, 0.15) is 30.0 Å². The number of carbonyl (C=O) groups excluding carboxylic acids is 1. The highest BCUT2D eigenvalue weighted by Gasteiger charge is 2.17. The Labute approximate surface area is 146 Å². The van der Waals surface area contributed by atoms with E-state index in [4.69, 9.17) is 18.6 Å². The topological polar surface area (TPSA) is 57.9 Å². The fourth-order valence-electron chi connectivity index (χ4n) is 2.46. The first-order chi connectivity index (χ1) is 12.1. The molecule has 0 fully saturated rings. The van der Waals surface area contributed by atoms with Crippen LogP contribution in [0.3, 0.4) is 0 Å². The van der Waals surface area contributed by atoms with Crippen LogP contribution >= 0.6 is 0 Å². The molecule has 1 heterocycles. The molecule has 0 aliphatic rings. The number of carbonyl (C=O) groups is 1. The number of fused-ring (bicyclic) bond motifs is 1. The molecule has 25 heavy (non-hydrogen) atoms. The van der Waals surface area contributed by atoms with Crippen LogP contribution in [-0.4, -0.2) is 19.2 Å². The number of hydrogen-bond donors (Lipinski definition) is 0. The fourth-order valence-corrected chi connectivity index (χ4v) is 2.46. The molecule has 0 spiro atoms. The van der Waals surface area contributed by atoms with Crippen LogP contribution in [0.25, 0.3) is 11.0 Å². The van der Waals surface area contributed by atoms with Gasteiger partial charge >= 0.3 is 5.97 Å². The largest absolute Gasteiger partial charge is 0.490 e. The molecule has 2 aromatic carbocycles. The quantitative estimate of drug-likeness (QED) is 0.615. The van der Waals surface area contributed by atoms with Crippen molar-refractivity contribution >= 4 is 16.9 Å². The van der Waals surface area contributed by atoms with Gasteiger partial charge in [0.05, 0.1) is 18.6 Å². The highest BCUT2D eigenvalue weighted by Crippen LogP contribution is 2.35. The third kappa shape index (κ3) is 3.94. The Morgan fingerprint density at radius 2 is 1.88 bits per heavy atom. The highest BCUT2D eigenvalue weighted by molar-refractivity contribution is 5.95. The minimum absolute atomic E-state index is 0.0240. The zero-order valence-corrected chi connectivity index (χ0v) is 14.4. The van der Waals surface area contributed by atoms with Crippen molar-refractivity contribution in [1.82, 2.24) is 0 Å². The Morgan fingerprint density at radius 1 is 1.12 bits per heavy atom. The standard InChI is InChI=1S/C20H20O5/c1-13(2)24-17-9-15(23-12-14-7-5-4-6-8-14)10-18-16(17)11-19(25-18)20(21)22-3/h4-11,13H,12H2,1-3H3. The first kappa shape index (κ1) is 16.9. The van der Waals surface area contributed by atoms with Crippen molar-refractivity contribution in [1.29, 1.82) is 0 Å². The van der Waals surface area contributed by atoms with Gasteiger partial charge in [0, 0.05) is 18.2 Å². The molecule has 3 aromatic rings. The van der Waals surface area contributed by atoms with Crippen LogP contribution in [-0.2, 0) is 11.3 Å². The summed E-state index contributed by atoms with van der Waals surface area (Å²) in [5, 5.41) is 0.709. The van der Waals surface area contributed by atoms with E-state index in [0.717, 1.165) is 5.56 Å². The number of esters is 1. The van der Waals surface area contributed by atoms with Gasteiger partial charge in [-0.05, 0) is 19.4 Å². The van der Waals surface area contributed by atoms with Crippen LogP contribution in [0.15, 0.2) is 52.9 Å². The summed E-state index contributed by atoms with van der Waals surface area (Å²) in [6.45, 7) is 4.30. The third-order valence-electron chi connectivity index (χ3n) is 3.57. The average Bonchev–Trinajstić information content (AvgIpc) is 3.04. The predicted molar refractivity (Wildman–Crippen MR) is 94.1 cm³/mol. The number of methoxy groups -OCH3 is 1. The molecule has 0 amide bonds. The zero-order chi connectivity index (χ0) is 17.8. The van der Waals surface area contributed by atoms with E-state index in [9.17, 15) is 4.79 Å².